The number of halogens is 1. The van der Waals surface area contributed by atoms with Crippen LogP contribution in [-0.4, -0.2) is 31.9 Å². The first-order chi connectivity index (χ1) is 11.5. The Kier molecular flexibility index (Phi) is 5.97. The van der Waals surface area contributed by atoms with Crippen molar-refractivity contribution in [1.29, 1.82) is 0 Å². The molecule has 2 aromatic carbocycles. The van der Waals surface area contributed by atoms with Gasteiger partial charge in [-0.05, 0) is 18.2 Å². The van der Waals surface area contributed by atoms with Crippen LogP contribution in [0.4, 0.5) is 14.9 Å². The molecule has 0 saturated carbocycles. The predicted octanol–water partition coefficient (Wildman–Crippen LogP) is 2.70. The molecule has 2 rings (SSSR count). The predicted molar refractivity (Wildman–Crippen MR) is 87.9 cm³/mol. The fourth-order valence-electron chi connectivity index (χ4n) is 2.11. The van der Waals surface area contributed by atoms with Crippen LogP contribution in [0.15, 0.2) is 42.5 Å². The highest BCUT2D eigenvalue weighted by atomic mass is 19.1. The summed E-state index contributed by atoms with van der Waals surface area (Å²) in [7, 11) is 3.00. The molecule has 0 aromatic heterocycles. The van der Waals surface area contributed by atoms with Crippen LogP contribution in [0.5, 0.6) is 11.5 Å². The van der Waals surface area contributed by atoms with Crippen LogP contribution < -0.4 is 20.1 Å². The number of carbonyl (C=O) groups is 1. The number of aliphatic hydroxyl groups excluding tert-OH is 1. The van der Waals surface area contributed by atoms with Crippen molar-refractivity contribution >= 4 is 11.7 Å². The quantitative estimate of drug-likeness (QED) is 0.759. The van der Waals surface area contributed by atoms with E-state index in [1.807, 2.05) is 0 Å². The van der Waals surface area contributed by atoms with Crippen molar-refractivity contribution in [2.75, 3.05) is 26.1 Å². The van der Waals surface area contributed by atoms with E-state index >= 15 is 0 Å². The fourth-order valence-corrected chi connectivity index (χ4v) is 2.11. The van der Waals surface area contributed by atoms with E-state index in [0.29, 0.717) is 17.2 Å². The van der Waals surface area contributed by atoms with Gasteiger partial charge in [0.15, 0.2) is 0 Å². The van der Waals surface area contributed by atoms with E-state index in [4.69, 9.17) is 9.47 Å². The molecule has 0 bridgehead atoms. The third-order valence-corrected chi connectivity index (χ3v) is 3.38. The van der Waals surface area contributed by atoms with Gasteiger partial charge in [0.1, 0.15) is 17.3 Å². The second kappa shape index (κ2) is 8.16. The van der Waals surface area contributed by atoms with Crippen LogP contribution in [0.2, 0.25) is 0 Å². The van der Waals surface area contributed by atoms with Crippen molar-refractivity contribution in [3.63, 3.8) is 0 Å². The highest BCUT2D eigenvalue weighted by molar-refractivity contribution is 5.91. The first-order valence-electron chi connectivity index (χ1n) is 7.24. The number of benzene rings is 2. The summed E-state index contributed by atoms with van der Waals surface area (Å²) in [6.07, 6.45) is -1.14. The summed E-state index contributed by atoms with van der Waals surface area (Å²) in [5, 5.41) is 15.0. The molecule has 0 radical (unpaired) electrons. The van der Waals surface area contributed by atoms with Gasteiger partial charge in [-0.2, -0.15) is 0 Å². The van der Waals surface area contributed by atoms with Gasteiger partial charge in [-0.25, -0.2) is 9.18 Å². The molecule has 2 aromatic rings. The zero-order valence-corrected chi connectivity index (χ0v) is 13.4. The molecule has 0 fully saturated rings. The van der Waals surface area contributed by atoms with E-state index in [9.17, 15) is 14.3 Å². The molecule has 0 spiro atoms. The number of nitrogens with one attached hydrogen (secondary N) is 2. The number of methoxy groups -OCH3 is 2. The number of aliphatic hydroxyl groups is 1. The Hall–Kier alpha value is -2.80. The summed E-state index contributed by atoms with van der Waals surface area (Å²) >= 11 is 0. The monoisotopic (exact) mass is 334 g/mol. The van der Waals surface area contributed by atoms with Crippen molar-refractivity contribution in [3.8, 4) is 11.5 Å². The zero-order chi connectivity index (χ0) is 17.5. The molecule has 128 valence electrons. The van der Waals surface area contributed by atoms with Crippen molar-refractivity contribution in [3.05, 3.63) is 53.8 Å². The second-order valence-corrected chi connectivity index (χ2v) is 4.94. The number of anilines is 1. The first kappa shape index (κ1) is 17.6. The average molecular weight is 334 g/mol. The zero-order valence-electron chi connectivity index (χ0n) is 13.4. The minimum atomic E-state index is -1.14. The number of ether oxygens (including phenoxy) is 2. The Morgan fingerprint density at radius 1 is 1.21 bits per heavy atom. The molecule has 0 aliphatic carbocycles. The number of urea groups is 1. The molecule has 0 aliphatic rings. The van der Waals surface area contributed by atoms with E-state index in [2.05, 4.69) is 10.6 Å². The van der Waals surface area contributed by atoms with E-state index in [1.54, 1.807) is 24.3 Å². The molecule has 3 N–H and O–H groups in total. The molecule has 0 saturated heterocycles. The van der Waals surface area contributed by atoms with Crippen molar-refractivity contribution < 1.29 is 23.8 Å². The number of hydrogen-bond donors (Lipinski definition) is 3. The molecule has 0 aliphatic heterocycles. The topological polar surface area (TPSA) is 79.8 Å². The summed E-state index contributed by atoms with van der Waals surface area (Å²) in [6.45, 7) is -0.134. The highest BCUT2D eigenvalue weighted by Crippen LogP contribution is 2.28. The Morgan fingerprint density at radius 2 is 1.96 bits per heavy atom. The van der Waals surface area contributed by atoms with Crippen molar-refractivity contribution in [2.45, 2.75) is 6.10 Å². The summed E-state index contributed by atoms with van der Waals surface area (Å²) in [4.78, 5) is 11.9. The molecule has 24 heavy (non-hydrogen) atoms. The number of hydrogen-bond acceptors (Lipinski definition) is 4. The van der Waals surface area contributed by atoms with Crippen LogP contribution >= 0.6 is 0 Å². The first-order valence-corrected chi connectivity index (χ1v) is 7.24. The SMILES string of the molecule is COc1ccc(NC(=O)NC[C@H](O)c2ccccc2F)c(OC)c1. The van der Waals surface area contributed by atoms with Gasteiger partial charge in [-0.1, -0.05) is 18.2 Å². The maximum atomic E-state index is 13.6. The number of carbonyl (C=O) groups excluding carboxylic acids is 1. The maximum Gasteiger partial charge on any atom is 0.319 e. The molecular formula is C17H19FN2O4. The summed E-state index contributed by atoms with van der Waals surface area (Å²) < 4.78 is 23.8. The molecule has 7 heteroatoms. The molecular weight excluding hydrogens is 315 g/mol. The normalized spacial score (nSPS) is 11.5. The van der Waals surface area contributed by atoms with E-state index < -0.39 is 18.0 Å². The lowest BCUT2D eigenvalue weighted by Crippen LogP contribution is -2.32. The smallest absolute Gasteiger partial charge is 0.319 e. The molecule has 1 atom stereocenters. The van der Waals surface area contributed by atoms with Crippen LogP contribution in [-0.2, 0) is 0 Å². The van der Waals surface area contributed by atoms with Gasteiger partial charge in [0, 0.05) is 18.2 Å². The largest absolute Gasteiger partial charge is 0.497 e. The number of rotatable bonds is 6. The number of amides is 2. The van der Waals surface area contributed by atoms with Crippen LogP contribution in [0.25, 0.3) is 0 Å². The van der Waals surface area contributed by atoms with Crippen LogP contribution in [0.3, 0.4) is 0 Å². The van der Waals surface area contributed by atoms with Crippen molar-refractivity contribution in [1.82, 2.24) is 5.32 Å². The Morgan fingerprint density at radius 3 is 2.62 bits per heavy atom. The Labute approximate surface area is 139 Å². The van der Waals surface area contributed by atoms with Gasteiger partial charge in [0.25, 0.3) is 0 Å². The molecule has 6 nitrogen and oxygen atoms in total. The third kappa shape index (κ3) is 4.36. The second-order valence-electron chi connectivity index (χ2n) is 4.94. The highest BCUT2D eigenvalue weighted by Gasteiger charge is 2.14. The maximum absolute atomic E-state index is 13.6. The van der Waals surface area contributed by atoms with Gasteiger partial charge in [0.2, 0.25) is 0 Å². The lowest BCUT2D eigenvalue weighted by atomic mass is 10.1. The lowest BCUT2D eigenvalue weighted by Gasteiger charge is -2.15. The Balaban J connectivity index is 1.95. The lowest BCUT2D eigenvalue weighted by molar-refractivity contribution is 0.170. The van der Waals surface area contributed by atoms with Crippen LogP contribution in [0, 0.1) is 5.82 Å². The molecule has 0 unspecified atom stereocenters. The Bertz CT molecular complexity index is 709. The van der Waals surface area contributed by atoms with Gasteiger partial charge in [-0.3, -0.25) is 0 Å². The van der Waals surface area contributed by atoms with Gasteiger partial charge in [0.05, 0.1) is 26.0 Å². The van der Waals surface area contributed by atoms with Gasteiger partial charge < -0.3 is 25.2 Å². The van der Waals surface area contributed by atoms with Crippen molar-refractivity contribution in [2.24, 2.45) is 0 Å². The fraction of sp³-hybridized carbons (Fsp3) is 0.235. The van der Waals surface area contributed by atoms with E-state index in [-0.39, 0.29) is 12.1 Å². The summed E-state index contributed by atoms with van der Waals surface area (Å²) in [6, 6.07) is 10.2. The van der Waals surface area contributed by atoms with Gasteiger partial charge >= 0.3 is 6.03 Å². The van der Waals surface area contributed by atoms with Crippen LogP contribution in [0.1, 0.15) is 11.7 Å². The average Bonchev–Trinajstić information content (AvgIpc) is 2.60. The molecule has 0 heterocycles. The summed E-state index contributed by atoms with van der Waals surface area (Å²) in [5.41, 5.74) is 0.566. The molecule has 2 amide bonds. The van der Waals surface area contributed by atoms with E-state index in [0.717, 1.165) is 0 Å². The standard InChI is InChI=1S/C17H19FN2O4/c1-23-11-7-8-14(16(9-11)24-2)20-17(22)19-10-15(21)12-5-3-4-6-13(12)18/h3-9,15,21H,10H2,1-2H3,(H2,19,20,22)/t15-/m0/s1. The minimum Gasteiger partial charge on any atom is -0.497 e. The third-order valence-electron chi connectivity index (χ3n) is 3.38. The van der Waals surface area contributed by atoms with Gasteiger partial charge in [-0.15, -0.1) is 0 Å². The minimum absolute atomic E-state index is 0.125. The summed E-state index contributed by atoms with van der Waals surface area (Å²) in [5.74, 6) is 0.496. The van der Waals surface area contributed by atoms with E-state index in [1.165, 1.54) is 32.4 Å².